The van der Waals surface area contributed by atoms with Crippen LogP contribution in [0.5, 0.6) is 0 Å². The van der Waals surface area contributed by atoms with Gasteiger partial charge in [-0.3, -0.25) is 0 Å². The van der Waals surface area contributed by atoms with Crippen molar-refractivity contribution in [2.24, 2.45) is 0 Å². The molecule has 0 amide bonds. The zero-order chi connectivity index (χ0) is 37.3. The molecule has 55 heavy (non-hydrogen) atoms. The van der Waals surface area contributed by atoms with Crippen molar-refractivity contribution in [2.45, 2.75) is 38.5 Å². The summed E-state index contributed by atoms with van der Waals surface area (Å²) in [5.74, 6) is 0. The molecular weight excluding hydrogens is 663 g/mol. The summed E-state index contributed by atoms with van der Waals surface area (Å²) < 4.78 is 0. The Balaban J connectivity index is 1.19. The number of hydrogen-bond donors (Lipinski definition) is 0. The molecule has 264 valence electrons. The summed E-state index contributed by atoms with van der Waals surface area (Å²) >= 11 is 0. The first-order valence-corrected chi connectivity index (χ1v) is 19.4. The van der Waals surface area contributed by atoms with Crippen LogP contribution in [0, 0.1) is 0 Å². The third-order valence-corrected chi connectivity index (χ3v) is 12.3. The van der Waals surface area contributed by atoms with Gasteiger partial charge >= 0.3 is 0 Å². The molecule has 0 aliphatic heterocycles. The fraction of sp³-hybridized carbons (Fsp3) is 0.111. The van der Waals surface area contributed by atoms with Gasteiger partial charge in [0.2, 0.25) is 0 Å². The molecule has 1 nitrogen and oxygen atoms in total. The van der Waals surface area contributed by atoms with E-state index < -0.39 is 0 Å². The molecule has 0 unspecified atom stereocenters. The highest BCUT2D eigenvalue weighted by molar-refractivity contribution is 5.98. The molecule has 0 spiro atoms. The van der Waals surface area contributed by atoms with Crippen molar-refractivity contribution in [1.29, 1.82) is 0 Å². The summed E-state index contributed by atoms with van der Waals surface area (Å²) in [6, 6.07) is 69.3. The van der Waals surface area contributed by atoms with E-state index in [4.69, 9.17) is 0 Å². The van der Waals surface area contributed by atoms with Gasteiger partial charge in [0.15, 0.2) is 0 Å². The number of hydrogen-bond acceptors (Lipinski definition) is 1. The molecule has 8 aromatic carbocycles. The van der Waals surface area contributed by atoms with E-state index in [1.165, 1.54) is 77.9 Å². The topological polar surface area (TPSA) is 3.24 Å². The summed E-state index contributed by atoms with van der Waals surface area (Å²) in [6.45, 7) is 9.61. The third kappa shape index (κ3) is 5.29. The standard InChI is InChI=1S/C54H43N/c1-53(2)48-23-15-14-22-44(48)46-34-50-47(35-49(46)53)52-45(40-20-12-7-13-21-40)32-43(33-51(52)54(50,3)4)55(41-28-24-38(25-29-41)36-16-8-5-9-17-36)42-30-26-39(27-31-42)37-18-10-6-11-19-37/h5-35H,1-4H3. The Hall–Kier alpha value is -6.44. The Morgan fingerprint density at radius 3 is 1.29 bits per heavy atom. The lowest BCUT2D eigenvalue weighted by Gasteiger charge is -2.29. The summed E-state index contributed by atoms with van der Waals surface area (Å²) in [7, 11) is 0. The quantitative estimate of drug-likeness (QED) is 0.166. The zero-order valence-corrected chi connectivity index (χ0v) is 31.8. The number of nitrogens with zero attached hydrogens (tertiary/aromatic N) is 1. The van der Waals surface area contributed by atoms with Gasteiger partial charge in [0.25, 0.3) is 0 Å². The SMILES string of the molecule is CC1(C)c2ccccc2-c2cc3c(cc21)-c1c(-c2ccccc2)cc(N(c2ccc(-c4ccccc4)cc2)c2ccc(-c4ccccc4)cc2)cc1C3(C)C. The average molecular weight is 706 g/mol. The second-order valence-corrected chi connectivity index (χ2v) is 16.2. The molecule has 1 heteroatoms. The van der Waals surface area contributed by atoms with Gasteiger partial charge in [-0.05, 0) is 126 Å². The lowest BCUT2D eigenvalue weighted by Crippen LogP contribution is -2.17. The van der Waals surface area contributed by atoms with Crippen LogP contribution in [0.15, 0.2) is 188 Å². The first kappa shape index (κ1) is 33.2. The highest BCUT2D eigenvalue weighted by atomic mass is 15.1. The maximum absolute atomic E-state index is 2.53. The maximum atomic E-state index is 2.53. The molecule has 0 fully saturated rings. The molecule has 0 N–H and O–H groups in total. The zero-order valence-electron chi connectivity index (χ0n) is 31.8. The lowest BCUT2D eigenvalue weighted by atomic mass is 9.79. The largest absolute Gasteiger partial charge is 0.310 e. The molecule has 0 heterocycles. The van der Waals surface area contributed by atoms with E-state index in [-0.39, 0.29) is 10.8 Å². The second kappa shape index (κ2) is 12.6. The minimum atomic E-state index is -0.221. The lowest BCUT2D eigenvalue weighted by molar-refractivity contribution is 0.652. The van der Waals surface area contributed by atoms with Crippen molar-refractivity contribution < 1.29 is 0 Å². The van der Waals surface area contributed by atoms with Gasteiger partial charge in [-0.1, -0.05) is 167 Å². The first-order valence-electron chi connectivity index (χ1n) is 19.4. The van der Waals surface area contributed by atoms with E-state index >= 15 is 0 Å². The minimum absolute atomic E-state index is 0.0741. The molecule has 8 aromatic rings. The van der Waals surface area contributed by atoms with Crippen molar-refractivity contribution in [2.75, 3.05) is 4.90 Å². The van der Waals surface area contributed by atoms with Crippen LogP contribution in [-0.2, 0) is 10.8 Å². The Bertz CT molecular complexity index is 2620. The first-order chi connectivity index (χ1) is 26.8. The van der Waals surface area contributed by atoms with Crippen LogP contribution in [0.3, 0.4) is 0 Å². The highest BCUT2D eigenvalue weighted by Crippen LogP contribution is 2.59. The van der Waals surface area contributed by atoms with Crippen LogP contribution in [0.1, 0.15) is 49.9 Å². The predicted octanol–water partition coefficient (Wildman–Crippen LogP) is 14.8. The summed E-state index contributed by atoms with van der Waals surface area (Å²) in [5.41, 5.74) is 21.5. The van der Waals surface area contributed by atoms with Gasteiger partial charge in [-0.15, -0.1) is 0 Å². The van der Waals surface area contributed by atoms with Crippen LogP contribution in [0.2, 0.25) is 0 Å². The van der Waals surface area contributed by atoms with Crippen molar-refractivity contribution in [3.63, 3.8) is 0 Å². The number of benzene rings is 8. The number of fused-ring (bicyclic) bond motifs is 6. The molecule has 0 radical (unpaired) electrons. The van der Waals surface area contributed by atoms with Gasteiger partial charge in [0.1, 0.15) is 0 Å². The van der Waals surface area contributed by atoms with Crippen LogP contribution in [0.25, 0.3) is 55.6 Å². The number of rotatable bonds is 6. The molecule has 10 rings (SSSR count). The third-order valence-electron chi connectivity index (χ3n) is 12.3. The molecule has 0 atom stereocenters. The normalized spacial score (nSPS) is 14.1. The van der Waals surface area contributed by atoms with E-state index in [0.717, 1.165) is 17.1 Å². The van der Waals surface area contributed by atoms with E-state index in [1.54, 1.807) is 0 Å². The van der Waals surface area contributed by atoms with Crippen molar-refractivity contribution >= 4 is 17.1 Å². The second-order valence-electron chi connectivity index (χ2n) is 16.2. The van der Waals surface area contributed by atoms with Gasteiger partial charge in [-0.25, -0.2) is 0 Å². The smallest absolute Gasteiger partial charge is 0.0471 e. The monoisotopic (exact) mass is 705 g/mol. The Morgan fingerprint density at radius 1 is 0.291 bits per heavy atom. The molecule has 0 saturated heterocycles. The van der Waals surface area contributed by atoms with Gasteiger partial charge in [-0.2, -0.15) is 0 Å². The fourth-order valence-corrected chi connectivity index (χ4v) is 9.32. The fourth-order valence-electron chi connectivity index (χ4n) is 9.32. The summed E-state index contributed by atoms with van der Waals surface area (Å²) in [5, 5.41) is 0. The molecular formula is C54H43N. The molecule has 2 aliphatic rings. The average Bonchev–Trinajstić information content (AvgIpc) is 3.60. The highest BCUT2D eigenvalue weighted by Gasteiger charge is 2.43. The predicted molar refractivity (Wildman–Crippen MR) is 233 cm³/mol. The maximum Gasteiger partial charge on any atom is 0.0471 e. The Labute approximate surface area is 325 Å². The van der Waals surface area contributed by atoms with Gasteiger partial charge in [0.05, 0.1) is 0 Å². The van der Waals surface area contributed by atoms with E-state index in [1.807, 2.05) is 0 Å². The van der Waals surface area contributed by atoms with E-state index in [0.29, 0.717) is 0 Å². The Kier molecular flexibility index (Phi) is 7.58. The van der Waals surface area contributed by atoms with Gasteiger partial charge < -0.3 is 4.90 Å². The molecule has 0 saturated carbocycles. The molecule has 2 aliphatic carbocycles. The van der Waals surface area contributed by atoms with E-state index in [9.17, 15) is 0 Å². The van der Waals surface area contributed by atoms with Crippen LogP contribution < -0.4 is 4.90 Å². The summed E-state index contributed by atoms with van der Waals surface area (Å²) in [4.78, 5) is 2.44. The minimum Gasteiger partial charge on any atom is -0.310 e. The summed E-state index contributed by atoms with van der Waals surface area (Å²) in [6.07, 6.45) is 0. The molecule has 0 bridgehead atoms. The van der Waals surface area contributed by atoms with Crippen LogP contribution in [-0.4, -0.2) is 0 Å². The van der Waals surface area contributed by atoms with Crippen LogP contribution >= 0.6 is 0 Å². The van der Waals surface area contributed by atoms with Crippen molar-refractivity contribution in [3.05, 3.63) is 210 Å². The van der Waals surface area contributed by atoms with Crippen LogP contribution in [0.4, 0.5) is 17.1 Å². The Morgan fingerprint density at radius 2 is 0.727 bits per heavy atom. The molecule has 0 aromatic heterocycles. The van der Waals surface area contributed by atoms with Gasteiger partial charge in [0, 0.05) is 27.9 Å². The van der Waals surface area contributed by atoms with E-state index in [2.05, 4.69) is 221 Å². The van der Waals surface area contributed by atoms with Crippen molar-refractivity contribution in [1.82, 2.24) is 0 Å². The number of anilines is 3. The van der Waals surface area contributed by atoms with Crippen molar-refractivity contribution in [3.8, 4) is 55.6 Å².